The molecular formula is C22H31FN4O3. The molecule has 1 aliphatic rings. The van der Waals surface area contributed by atoms with Crippen molar-refractivity contribution in [2.24, 2.45) is 5.92 Å². The largest absolute Gasteiger partial charge is 0.392 e. The van der Waals surface area contributed by atoms with Crippen LogP contribution in [0, 0.1) is 11.7 Å². The van der Waals surface area contributed by atoms with Gasteiger partial charge >= 0.3 is 0 Å². The highest BCUT2D eigenvalue weighted by Crippen LogP contribution is 2.39. The van der Waals surface area contributed by atoms with Gasteiger partial charge in [-0.05, 0) is 12.5 Å². The molecule has 1 aromatic carbocycles. The van der Waals surface area contributed by atoms with Crippen LogP contribution in [0.4, 0.5) is 4.39 Å². The van der Waals surface area contributed by atoms with Crippen molar-refractivity contribution in [3.8, 4) is 0 Å². The smallest absolute Gasteiger partial charge is 0.225 e. The van der Waals surface area contributed by atoms with Gasteiger partial charge in [0.05, 0.1) is 18.6 Å². The van der Waals surface area contributed by atoms with E-state index in [0.717, 1.165) is 11.5 Å². The fraction of sp³-hybridized carbons (Fsp3) is 0.545. The van der Waals surface area contributed by atoms with E-state index in [1.54, 1.807) is 31.5 Å². The van der Waals surface area contributed by atoms with Gasteiger partial charge in [0.15, 0.2) is 0 Å². The average molecular weight is 419 g/mol. The standard InChI is InChI=1S/C22H31FN4O3/c1-13(2)21-26-12-18(27-21)19-17(25-11-14-6-4-5-7-16(14)23)10-15(20(19)28)22(29)24-8-9-30-3/h4-7,12-13,15,17,19-20,25,28H,8-11H2,1-3H3,(H,24,29)(H,26,27)/t15-,17+,19+,20+/m0/s1. The quantitative estimate of drug-likeness (QED) is 0.467. The van der Waals surface area contributed by atoms with Crippen molar-refractivity contribution in [1.29, 1.82) is 0 Å². The summed E-state index contributed by atoms with van der Waals surface area (Å²) in [6, 6.07) is 6.38. The van der Waals surface area contributed by atoms with Crippen LogP contribution in [0.1, 0.15) is 49.2 Å². The summed E-state index contributed by atoms with van der Waals surface area (Å²) in [5.41, 5.74) is 1.33. The van der Waals surface area contributed by atoms with E-state index in [-0.39, 0.29) is 29.6 Å². The van der Waals surface area contributed by atoms with Crippen LogP contribution in [0.3, 0.4) is 0 Å². The molecule has 1 heterocycles. The highest BCUT2D eigenvalue weighted by Gasteiger charge is 2.47. The summed E-state index contributed by atoms with van der Waals surface area (Å²) in [5, 5.41) is 17.2. The third kappa shape index (κ3) is 5.06. The zero-order chi connectivity index (χ0) is 21.7. The number of benzene rings is 1. The average Bonchev–Trinajstić information content (AvgIpc) is 3.32. The van der Waals surface area contributed by atoms with Gasteiger partial charge in [-0.2, -0.15) is 0 Å². The van der Waals surface area contributed by atoms with Crippen molar-refractivity contribution in [1.82, 2.24) is 20.6 Å². The number of hydrogen-bond donors (Lipinski definition) is 4. The lowest BCUT2D eigenvalue weighted by atomic mass is 9.96. The van der Waals surface area contributed by atoms with E-state index in [1.165, 1.54) is 6.07 Å². The molecule has 4 atom stereocenters. The summed E-state index contributed by atoms with van der Waals surface area (Å²) in [4.78, 5) is 20.4. The third-order valence-electron chi connectivity index (χ3n) is 5.70. The maximum Gasteiger partial charge on any atom is 0.225 e. The molecule has 30 heavy (non-hydrogen) atoms. The summed E-state index contributed by atoms with van der Waals surface area (Å²) in [6.45, 7) is 5.17. The number of nitrogens with zero attached hydrogens (tertiary/aromatic N) is 1. The van der Waals surface area contributed by atoms with E-state index < -0.39 is 12.0 Å². The van der Waals surface area contributed by atoms with Crippen LogP contribution in [0.15, 0.2) is 30.5 Å². The molecule has 0 radical (unpaired) electrons. The molecule has 1 aromatic heterocycles. The van der Waals surface area contributed by atoms with Gasteiger partial charge in [-0.3, -0.25) is 4.79 Å². The SMILES string of the molecule is COCCNC(=O)[C@H]1C[C@@H](NCc2ccccc2F)[C@H](c2cnc(C(C)C)[nH]2)[C@@H]1O. The maximum absolute atomic E-state index is 14.0. The Bertz CT molecular complexity index is 841. The van der Waals surface area contributed by atoms with E-state index in [4.69, 9.17) is 4.74 Å². The molecule has 2 aromatic rings. The van der Waals surface area contributed by atoms with Crippen molar-refractivity contribution in [2.75, 3.05) is 20.3 Å². The van der Waals surface area contributed by atoms with Gasteiger partial charge in [-0.25, -0.2) is 9.37 Å². The van der Waals surface area contributed by atoms with Gasteiger partial charge in [-0.15, -0.1) is 0 Å². The molecular weight excluding hydrogens is 387 g/mol. The van der Waals surface area contributed by atoms with Crippen molar-refractivity contribution in [3.05, 3.63) is 53.4 Å². The number of nitrogens with one attached hydrogen (secondary N) is 3. The first-order valence-corrected chi connectivity index (χ1v) is 10.4. The minimum Gasteiger partial charge on any atom is -0.392 e. The topological polar surface area (TPSA) is 99.3 Å². The van der Waals surface area contributed by atoms with Crippen LogP contribution in [0.25, 0.3) is 0 Å². The Hall–Kier alpha value is -2.29. The number of H-pyrrole nitrogens is 1. The lowest BCUT2D eigenvalue weighted by molar-refractivity contribution is -0.127. The molecule has 8 heteroatoms. The number of halogens is 1. The van der Waals surface area contributed by atoms with E-state index in [1.807, 2.05) is 13.8 Å². The number of aromatic amines is 1. The fourth-order valence-corrected chi connectivity index (χ4v) is 4.03. The summed E-state index contributed by atoms with van der Waals surface area (Å²) in [6.07, 6.45) is 1.28. The number of carbonyl (C=O) groups is 1. The first kappa shape index (κ1) is 22.4. The molecule has 0 saturated heterocycles. The first-order chi connectivity index (χ1) is 14.4. The molecule has 1 aliphatic carbocycles. The summed E-state index contributed by atoms with van der Waals surface area (Å²) < 4.78 is 19.0. The predicted octanol–water partition coefficient (Wildman–Crippen LogP) is 2.06. The Kier molecular flexibility index (Phi) is 7.58. The van der Waals surface area contributed by atoms with Gasteiger partial charge in [-0.1, -0.05) is 32.0 Å². The number of aliphatic hydroxyl groups excluding tert-OH is 1. The van der Waals surface area contributed by atoms with E-state index in [2.05, 4.69) is 20.6 Å². The van der Waals surface area contributed by atoms with Gasteiger partial charge in [0.1, 0.15) is 11.6 Å². The first-order valence-electron chi connectivity index (χ1n) is 10.4. The van der Waals surface area contributed by atoms with Gasteiger partial charge in [0, 0.05) is 55.5 Å². The van der Waals surface area contributed by atoms with E-state index in [9.17, 15) is 14.3 Å². The molecule has 1 fully saturated rings. The lowest BCUT2D eigenvalue weighted by Crippen LogP contribution is -2.37. The molecule has 1 amide bonds. The number of amides is 1. The normalized spacial score (nSPS) is 23.8. The monoisotopic (exact) mass is 418 g/mol. The molecule has 0 spiro atoms. The lowest BCUT2D eigenvalue weighted by Gasteiger charge is -2.22. The molecule has 3 rings (SSSR count). The number of hydrogen-bond acceptors (Lipinski definition) is 5. The molecule has 0 unspecified atom stereocenters. The molecule has 4 N–H and O–H groups in total. The predicted molar refractivity (Wildman–Crippen MR) is 111 cm³/mol. The number of carbonyl (C=O) groups excluding carboxylic acids is 1. The molecule has 0 aliphatic heterocycles. The number of rotatable bonds is 9. The zero-order valence-electron chi connectivity index (χ0n) is 17.7. The second-order valence-corrected chi connectivity index (χ2v) is 8.10. The second-order valence-electron chi connectivity index (χ2n) is 8.10. The van der Waals surface area contributed by atoms with Crippen molar-refractivity contribution < 1.29 is 19.0 Å². The van der Waals surface area contributed by atoms with Gasteiger partial charge < -0.3 is 25.5 Å². The molecule has 7 nitrogen and oxygen atoms in total. The van der Waals surface area contributed by atoms with Crippen LogP contribution in [-0.2, 0) is 16.1 Å². The van der Waals surface area contributed by atoms with Crippen LogP contribution in [-0.4, -0.2) is 53.4 Å². The third-order valence-corrected chi connectivity index (χ3v) is 5.70. The van der Waals surface area contributed by atoms with Crippen LogP contribution >= 0.6 is 0 Å². The molecule has 164 valence electrons. The highest BCUT2D eigenvalue weighted by atomic mass is 19.1. The summed E-state index contributed by atoms with van der Waals surface area (Å²) in [7, 11) is 1.57. The minimum atomic E-state index is -0.883. The fourth-order valence-electron chi connectivity index (χ4n) is 4.03. The van der Waals surface area contributed by atoms with Crippen molar-refractivity contribution in [3.63, 3.8) is 0 Å². The Morgan fingerprint density at radius 2 is 2.17 bits per heavy atom. The Morgan fingerprint density at radius 1 is 1.40 bits per heavy atom. The van der Waals surface area contributed by atoms with Crippen LogP contribution < -0.4 is 10.6 Å². The number of ether oxygens (including phenoxy) is 1. The number of aliphatic hydroxyl groups is 1. The van der Waals surface area contributed by atoms with E-state index >= 15 is 0 Å². The van der Waals surface area contributed by atoms with Gasteiger partial charge in [0.2, 0.25) is 5.91 Å². The van der Waals surface area contributed by atoms with Crippen molar-refractivity contribution >= 4 is 5.91 Å². The zero-order valence-corrected chi connectivity index (χ0v) is 17.7. The molecule has 1 saturated carbocycles. The number of imidazole rings is 1. The number of aromatic nitrogens is 2. The Labute approximate surface area is 176 Å². The Morgan fingerprint density at radius 3 is 2.83 bits per heavy atom. The van der Waals surface area contributed by atoms with Gasteiger partial charge in [0.25, 0.3) is 0 Å². The molecule has 0 bridgehead atoms. The maximum atomic E-state index is 14.0. The second kappa shape index (κ2) is 10.1. The minimum absolute atomic E-state index is 0.205. The number of methoxy groups -OCH3 is 1. The van der Waals surface area contributed by atoms with Crippen LogP contribution in [0.2, 0.25) is 0 Å². The Balaban J connectivity index is 1.78. The van der Waals surface area contributed by atoms with E-state index in [0.29, 0.717) is 31.7 Å². The van der Waals surface area contributed by atoms with Crippen molar-refractivity contribution in [2.45, 2.75) is 50.8 Å². The highest BCUT2D eigenvalue weighted by molar-refractivity contribution is 5.80. The summed E-state index contributed by atoms with van der Waals surface area (Å²) in [5.74, 6) is -0.361. The van der Waals surface area contributed by atoms with Crippen LogP contribution in [0.5, 0.6) is 0 Å². The summed E-state index contributed by atoms with van der Waals surface area (Å²) >= 11 is 0.